The zero-order chi connectivity index (χ0) is 28.1. The molecule has 0 bridgehead atoms. The Bertz CT molecular complexity index is 1310. The standard InChI is InChI=1S/C31H39FN4O3/c1-19-14-35(30(39)21(19)3)16-25-13-33-20(2)15-34(25)17-28(37)36-18-31(4,5)26-11-8-23(12-27(26)36)29(38)22-6-9-24(32)10-7-22/h6-12,20,25,29,33,38H,13-18H2,1-5H3. The van der Waals surface area contributed by atoms with Gasteiger partial charge in [0.2, 0.25) is 11.8 Å². The van der Waals surface area contributed by atoms with E-state index in [0.717, 1.165) is 28.9 Å². The molecule has 2 aromatic rings. The van der Waals surface area contributed by atoms with Crippen LogP contribution in [-0.2, 0) is 15.0 Å². The van der Waals surface area contributed by atoms with Crippen LogP contribution in [-0.4, -0.2) is 78.1 Å². The molecule has 8 heteroatoms. The molecule has 2 aromatic carbocycles. The largest absolute Gasteiger partial charge is 0.384 e. The monoisotopic (exact) mass is 534 g/mol. The SMILES string of the molecule is CC1=C(C)C(=O)N(CC2CNC(C)CN2CC(=O)N2CC(C)(C)c3ccc(C(O)c4ccc(F)cc4)cc32)C1. The van der Waals surface area contributed by atoms with Gasteiger partial charge < -0.3 is 20.2 Å². The van der Waals surface area contributed by atoms with Crippen LogP contribution in [0.5, 0.6) is 0 Å². The molecule has 39 heavy (non-hydrogen) atoms. The van der Waals surface area contributed by atoms with E-state index in [1.807, 2.05) is 41.8 Å². The van der Waals surface area contributed by atoms with E-state index in [0.29, 0.717) is 37.3 Å². The Balaban J connectivity index is 1.36. The van der Waals surface area contributed by atoms with Gasteiger partial charge in [0, 0.05) is 61.5 Å². The number of nitrogens with zero attached hydrogens (tertiary/aromatic N) is 3. The highest BCUT2D eigenvalue weighted by Gasteiger charge is 2.40. The molecule has 5 rings (SSSR count). The van der Waals surface area contributed by atoms with E-state index in [-0.39, 0.29) is 41.7 Å². The Morgan fingerprint density at radius 3 is 2.51 bits per heavy atom. The third-order valence-electron chi connectivity index (χ3n) is 8.57. The normalized spacial score (nSPS) is 23.9. The number of carbonyl (C=O) groups excluding carboxylic acids is 2. The zero-order valence-corrected chi connectivity index (χ0v) is 23.5. The van der Waals surface area contributed by atoms with Crippen LogP contribution in [0.3, 0.4) is 0 Å². The molecule has 3 aliphatic rings. The minimum atomic E-state index is -0.923. The molecule has 1 fully saturated rings. The summed E-state index contributed by atoms with van der Waals surface area (Å²) in [5.41, 5.74) is 4.84. The average molecular weight is 535 g/mol. The molecule has 0 spiro atoms. The number of amides is 2. The van der Waals surface area contributed by atoms with E-state index in [1.165, 1.54) is 12.1 Å². The van der Waals surface area contributed by atoms with E-state index in [1.54, 1.807) is 12.1 Å². The first-order valence-corrected chi connectivity index (χ1v) is 13.8. The molecular weight excluding hydrogens is 495 g/mol. The lowest BCUT2D eigenvalue weighted by atomic mass is 9.86. The Kier molecular flexibility index (Phi) is 7.39. The number of benzene rings is 2. The molecule has 1 saturated heterocycles. The molecule has 0 radical (unpaired) electrons. The van der Waals surface area contributed by atoms with Crippen molar-refractivity contribution in [1.82, 2.24) is 15.1 Å². The van der Waals surface area contributed by atoms with Crippen molar-refractivity contribution in [3.8, 4) is 0 Å². The summed E-state index contributed by atoms with van der Waals surface area (Å²) in [6, 6.07) is 11.9. The molecule has 0 saturated carbocycles. The van der Waals surface area contributed by atoms with Gasteiger partial charge in [-0.1, -0.05) is 38.1 Å². The van der Waals surface area contributed by atoms with Crippen LogP contribution < -0.4 is 10.2 Å². The van der Waals surface area contributed by atoms with Gasteiger partial charge in [0.25, 0.3) is 0 Å². The highest BCUT2D eigenvalue weighted by molar-refractivity contribution is 5.98. The second-order valence-corrected chi connectivity index (χ2v) is 12.1. The van der Waals surface area contributed by atoms with Crippen molar-refractivity contribution in [3.05, 3.63) is 76.1 Å². The van der Waals surface area contributed by atoms with Crippen molar-refractivity contribution in [2.24, 2.45) is 0 Å². The fourth-order valence-corrected chi connectivity index (χ4v) is 6.10. The van der Waals surface area contributed by atoms with Crippen molar-refractivity contribution < 1.29 is 19.1 Å². The molecule has 2 N–H and O–H groups in total. The van der Waals surface area contributed by atoms with Gasteiger partial charge in [-0.15, -0.1) is 0 Å². The van der Waals surface area contributed by atoms with E-state index >= 15 is 0 Å². The lowest BCUT2D eigenvalue weighted by molar-refractivity contribution is -0.126. The predicted molar refractivity (Wildman–Crippen MR) is 150 cm³/mol. The second-order valence-electron chi connectivity index (χ2n) is 12.1. The van der Waals surface area contributed by atoms with Crippen molar-refractivity contribution in [1.29, 1.82) is 0 Å². The molecule has 2 amide bonds. The second kappa shape index (κ2) is 10.5. The van der Waals surface area contributed by atoms with Crippen LogP contribution in [0.25, 0.3) is 0 Å². The number of aliphatic hydroxyl groups excluding tert-OH is 1. The Hall–Kier alpha value is -3.07. The predicted octanol–water partition coefficient (Wildman–Crippen LogP) is 3.37. The highest BCUT2D eigenvalue weighted by atomic mass is 19.1. The van der Waals surface area contributed by atoms with Crippen LogP contribution in [0.1, 0.15) is 57.4 Å². The number of fused-ring (bicyclic) bond motifs is 1. The summed E-state index contributed by atoms with van der Waals surface area (Å²) < 4.78 is 13.4. The molecule has 0 aliphatic carbocycles. The first-order valence-electron chi connectivity index (χ1n) is 13.8. The number of anilines is 1. The number of hydrogen-bond donors (Lipinski definition) is 2. The first kappa shape index (κ1) is 27.5. The average Bonchev–Trinajstić information content (AvgIpc) is 3.31. The molecule has 3 heterocycles. The molecule has 3 unspecified atom stereocenters. The smallest absolute Gasteiger partial charge is 0.249 e. The van der Waals surface area contributed by atoms with Crippen LogP contribution in [0.4, 0.5) is 10.1 Å². The maximum atomic E-state index is 13.9. The van der Waals surface area contributed by atoms with Gasteiger partial charge in [0.15, 0.2) is 0 Å². The maximum absolute atomic E-state index is 13.9. The van der Waals surface area contributed by atoms with Gasteiger partial charge in [-0.25, -0.2) is 4.39 Å². The van der Waals surface area contributed by atoms with E-state index in [4.69, 9.17) is 0 Å². The van der Waals surface area contributed by atoms with Crippen LogP contribution in [0.2, 0.25) is 0 Å². The Labute approximate surface area is 230 Å². The Morgan fingerprint density at radius 2 is 1.85 bits per heavy atom. The van der Waals surface area contributed by atoms with Crippen molar-refractivity contribution in [2.75, 3.05) is 44.2 Å². The van der Waals surface area contributed by atoms with E-state index in [2.05, 4.69) is 31.0 Å². The number of halogens is 1. The summed E-state index contributed by atoms with van der Waals surface area (Å²) in [4.78, 5) is 32.5. The molecule has 0 aromatic heterocycles. The van der Waals surface area contributed by atoms with Gasteiger partial charge in [0.05, 0.1) is 6.54 Å². The van der Waals surface area contributed by atoms with Crippen LogP contribution in [0.15, 0.2) is 53.6 Å². The van der Waals surface area contributed by atoms with Crippen LogP contribution in [0, 0.1) is 5.82 Å². The summed E-state index contributed by atoms with van der Waals surface area (Å²) in [6.07, 6.45) is -0.923. The molecule has 3 atom stereocenters. The summed E-state index contributed by atoms with van der Waals surface area (Å²) >= 11 is 0. The number of hydrogen-bond acceptors (Lipinski definition) is 5. The summed E-state index contributed by atoms with van der Waals surface area (Å²) in [7, 11) is 0. The fourth-order valence-electron chi connectivity index (χ4n) is 6.10. The zero-order valence-electron chi connectivity index (χ0n) is 23.5. The topological polar surface area (TPSA) is 76.1 Å². The third-order valence-corrected chi connectivity index (χ3v) is 8.57. The number of nitrogens with one attached hydrogen (secondary N) is 1. The number of rotatable bonds is 6. The third kappa shape index (κ3) is 5.38. The highest BCUT2D eigenvalue weighted by Crippen LogP contribution is 2.42. The van der Waals surface area contributed by atoms with E-state index < -0.39 is 6.10 Å². The molecule has 7 nitrogen and oxygen atoms in total. The molecule has 208 valence electrons. The summed E-state index contributed by atoms with van der Waals surface area (Å²) in [5.74, 6) is -0.262. The van der Waals surface area contributed by atoms with Gasteiger partial charge in [0.1, 0.15) is 11.9 Å². The van der Waals surface area contributed by atoms with Crippen molar-refractivity contribution in [3.63, 3.8) is 0 Å². The van der Waals surface area contributed by atoms with Crippen LogP contribution >= 0.6 is 0 Å². The van der Waals surface area contributed by atoms with Crippen molar-refractivity contribution >= 4 is 17.5 Å². The molecule has 3 aliphatic heterocycles. The van der Waals surface area contributed by atoms with Gasteiger partial charge in [-0.3, -0.25) is 14.5 Å². The Morgan fingerprint density at radius 1 is 1.15 bits per heavy atom. The van der Waals surface area contributed by atoms with Gasteiger partial charge >= 0.3 is 0 Å². The summed E-state index contributed by atoms with van der Waals surface area (Å²) in [6.45, 7) is 13.7. The fraction of sp³-hybridized carbons (Fsp3) is 0.484. The summed E-state index contributed by atoms with van der Waals surface area (Å²) in [5, 5.41) is 14.5. The number of piperazine rings is 1. The first-order chi connectivity index (χ1) is 18.4. The minimum Gasteiger partial charge on any atom is -0.384 e. The number of carbonyl (C=O) groups is 2. The van der Waals surface area contributed by atoms with Gasteiger partial charge in [-0.05, 0) is 61.2 Å². The lowest BCUT2D eigenvalue weighted by Gasteiger charge is -2.41. The minimum absolute atomic E-state index is 0.00702. The maximum Gasteiger partial charge on any atom is 0.249 e. The van der Waals surface area contributed by atoms with Gasteiger partial charge in [-0.2, -0.15) is 0 Å². The molecular formula is C31H39FN4O3. The lowest BCUT2D eigenvalue weighted by Crippen LogP contribution is -2.61. The van der Waals surface area contributed by atoms with Crippen molar-refractivity contribution in [2.45, 2.75) is 58.2 Å². The number of aliphatic hydroxyl groups is 1. The quantitative estimate of drug-likeness (QED) is 0.595. The van der Waals surface area contributed by atoms with E-state index in [9.17, 15) is 19.1 Å².